The Hall–Kier alpha value is -3.02. The van der Waals surface area contributed by atoms with E-state index in [4.69, 9.17) is 0 Å². The third-order valence-electron chi connectivity index (χ3n) is 4.26. The van der Waals surface area contributed by atoms with Gasteiger partial charge in [-0.25, -0.2) is 4.79 Å². The number of H-pyrrole nitrogens is 2. The molecule has 6 nitrogen and oxygen atoms in total. The van der Waals surface area contributed by atoms with Crippen LogP contribution in [0.4, 0.5) is 5.69 Å². The van der Waals surface area contributed by atoms with Crippen LogP contribution in [0.3, 0.4) is 0 Å². The lowest BCUT2D eigenvalue weighted by Gasteiger charge is -2.23. The normalized spacial score (nSPS) is 12.1. The number of carbonyl (C=O) groups excluding carboxylic acids is 1. The van der Waals surface area contributed by atoms with Crippen molar-refractivity contribution in [1.82, 2.24) is 15.3 Å². The SMILES string of the molecule is CCN(CC(=O)NC(C)c1ccc2[nH]c(=O)[nH]c2c1)c1ccccc1. The van der Waals surface area contributed by atoms with E-state index in [1.165, 1.54) is 0 Å². The number of fused-ring (bicyclic) bond motifs is 1. The van der Waals surface area contributed by atoms with Crippen molar-refractivity contribution in [3.63, 3.8) is 0 Å². The molecule has 0 saturated heterocycles. The second kappa shape index (κ2) is 7.25. The second-order valence-electron chi connectivity index (χ2n) is 6.02. The van der Waals surface area contributed by atoms with Crippen LogP contribution < -0.4 is 15.9 Å². The van der Waals surface area contributed by atoms with E-state index in [1.54, 1.807) is 0 Å². The number of aromatic nitrogens is 2. The summed E-state index contributed by atoms with van der Waals surface area (Å²) in [5.41, 5.74) is 3.24. The summed E-state index contributed by atoms with van der Waals surface area (Å²) in [4.78, 5) is 31.2. The molecular weight excluding hydrogens is 316 g/mol. The fourth-order valence-corrected chi connectivity index (χ4v) is 2.89. The Kier molecular flexibility index (Phi) is 4.88. The van der Waals surface area contributed by atoms with E-state index in [2.05, 4.69) is 15.3 Å². The summed E-state index contributed by atoms with van der Waals surface area (Å²) in [6, 6.07) is 15.4. The van der Waals surface area contributed by atoms with Gasteiger partial charge >= 0.3 is 5.69 Å². The minimum atomic E-state index is -0.231. The maximum atomic E-state index is 12.4. The van der Waals surface area contributed by atoms with E-state index < -0.39 is 0 Å². The molecule has 0 radical (unpaired) electrons. The van der Waals surface area contributed by atoms with E-state index in [1.807, 2.05) is 67.3 Å². The molecule has 1 unspecified atom stereocenters. The summed E-state index contributed by atoms with van der Waals surface area (Å²) in [7, 11) is 0. The summed E-state index contributed by atoms with van der Waals surface area (Å²) < 4.78 is 0. The quantitative estimate of drug-likeness (QED) is 0.646. The highest BCUT2D eigenvalue weighted by Gasteiger charge is 2.14. The van der Waals surface area contributed by atoms with E-state index in [0.717, 1.165) is 28.8 Å². The molecule has 3 N–H and O–H groups in total. The zero-order chi connectivity index (χ0) is 17.8. The summed E-state index contributed by atoms with van der Waals surface area (Å²) >= 11 is 0. The Balaban J connectivity index is 1.67. The third-order valence-corrected chi connectivity index (χ3v) is 4.26. The van der Waals surface area contributed by atoms with E-state index in [9.17, 15) is 9.59 Å². The summed E-state index contributed by atoms with van der Waals surface area (Å²) in [5.74, 6) is -0.0409. The van der Waals surface area contributed by atoms with Gasteiger partial charge in [-0.3, -0.25) is 4.79 Å². The first-order chi connectivity index (χ1) is 12.1. The van der Waals surface area contributed by atoms with Gasteiger partial charge in [0.2, 0.25) is 5.91 Å². The molecular formula is C19H22N4O2. The van der Waals surface area contributed by atoms with Gasteiger partial charge in [-0.2, -0.15) is 0 Å². The van der Waals surface area contributed by atoms with Gasteiger partial charge in [-0.15, -0.1) is 0 Å². The summed E-state index contributed by atoms with van der Waals surface area (Å²) in [5, 5.41) is 3.02. The zero-order valence-electron chi connectivity index (χ0n) is 14.4. The van der Waals surface area contributed by atoms with Crippen molar-refractivity contribution in [1.29, 1.82) is 0 Å². The molecule has 2 aromatic carbocycles. The van der Waals surface area contributed by atoms with Crippen molar-refractivity contribution in [2.24, 2.45) is 0 Å². The molecule has 25 heavy (non-hydrogen) atoms. The molecule has 6 heteroatoms. The highest BCUT2D eigenvalue weighted by molar-refractivity contribution is 5.82. The Bertz CT molecular complexity index is 914. The van der Waals surface area contributed by atoms with Gasteiger partial charge in [0, 0.05) is 12.2 Å². The lowest BCUT2D eigenvalue weighted by atomic mass is 10.1. The van der Waals surface area contributed by atoms with Gasteiger partial charge in [0.15, 0.2) is 0 Å². The van der Waals surface area contributed by atoms with Crippen molar-refractivity contribution in [3.05, 3.63) is 64.6 Å². The van der Waals surface area contributed by atoms with Crippen LogP contribution in [0.2, 0.25) is 0 Å². The molecule has 1 amide bonds. The van der Waals surface area contributed by atoms with Crippen molar-refractivity contribution < 1.29 is 4.79 Å². The monoisotopic (exact) mass is 338 g/mol. The van der Waals surface area contributed by atoms with Crippen LogP contribution in [0, 0.1) is 0 Å². The molecule has 1 aromatic heterocycles. The molecule has 1 heterocycles. The molecule has 0 aliphatic heterocycles. The van der Waals surface area contributed by atoms with Crippen LogP contribution in [-0.4, -0.2) is 29.0 Å². The fraction of sp³-hybridized carbons (Fsp3) is 0.263. The van der Waals surface area contributed by atoms with Gasteiger partial charge in [-0.05, 0) is 43.7 Å². The largest absolute Gasteiger partial charge is 0.363 e. The predicted molar refractivity (Wildman–Crippen MR) is 99.8 cm³/mol. The van der Waals surface area contributed by atoms with Gasteiger partial charge in [0.05, 0.1) is 23.6 Å². The van der Waals surface area contributed by atoms with Gasteiger partial charge < -0.3 is 20.2 Å². The number of para-hydroxylation sites is 1. The Labute approximate surface area is 145 Å². The standard InChI is InChI=1S/C19H22N4O2/c1-3-23(15-7-5-4-6-8-15)12-18(24)20-13(2)14-9-10-16-17(11-14)22-19(25)21-16/h4-11,13H,3,12H2,1-2H3,(H,20,24)(H2,21,22,25). The van der Waals surface area contributed by atoms with Crippen LogP contribution >= 0.6 is 0 Å². The van der Waals surface area contributed by atoms with Crippen molar-refractivity contribution in [3.8, 4) is 0 Å². The number of amides is 1. The number of hydrogen-bond donors (Lipinski definition) is 3. The second-order valence-corrected chi connectivity index (χ2v) is 6.02. The smallest absolute Gasteiger partial charge is 0.323 e. The first-order valence-corrected chi connectivity index (χ1v) is 8.38. The van der Waals surface area contributed by atoms with Crippen LogP contribution in [0.15, 0.2) is 53.3 Å². The minimum Gasteiger partial charge on any atom is -0.363 e. The molecule has 0 aliphatic rings. The molecule has 0 spiro atoms. The maximum Gasteiger partial charge on any atom is 0.323 e. The number of likely N-dealkylation sites (N-methyl/N-ethyl adjacent to an activating group) is 1. The van der Waals surface area contributed by atoms with E-state index in [-0.39, 0.29) is 17.6 Å². The molecule has 1 atom stereocenters. The van der Waals surface area contributed by atoms with Gasteiger partial charge in [0.25, 0.3) is 0 Å². The summed E-state index contributed by atoms with van der Waals surface area (Å²) in [6.07, 6.45) is 0. The molecule has 130 valence electrons. The third kappa shape index (κ3) is 3.91. The molecule has 3 rings (SSSR count). The zero-order valence-corrected chi connectivity index (χ0v) is 14.4. The van der Waals surface area contributed by atoms with Crippen LogP contribution in [0.5, 0.6) is 0 Å². The number of nitrogens with one attached hydrogen (secondary N) is 3. The Morgan fingerprint density at radius 2 is 1.84 bits per heavy atom. The van der Waals surface area contributed by atoms with Crippen molar-refractivity contribution >= 4 is 22.6 Å². The number of aromatic amines is 2. The lowest BCUT2D eigenvalue weighted by molar-refractivity contribution is -0.120. The topological polar surface area (TPSA) is 81.0 Å². The van der Waals surface area contributed by atoms with Crippen molar-refractivity contribution in [2.45, 2.75) is 19.9 Å². The highest BCUT2D eigenvalue weighted by Crippen LogP contribution is 2.17. The predicted octanol–water partition coefficient (Wildman–Crippen LogP) is 2.56. The fourth-order valence-electron chi connectivity index (χ4n) is 2.89. The maximum absolute atomic E-state index is 12.4. The Morgan fingerprint density at radius 1 is 1.12 bits per heavy atom. The first-order valence-electron chi connectivity index (χ1n) is 8.38. The molecule has 3 aromatic rings. The average Bonchev–Trinajstić information content (AvgIpc) is 2.99. The van der Waals surface area contributed by atoms with E-state index >= 15 is 0 Å². The number of benzene rings is 2. The first kappa shape index (κ1) is 16.8. The lowest BCUT2D eigenvalue weighted by Crippen LogP contribution is -2.38. The number of carbonyl (C=O) groups is 1. The summed E-state index contributed by atoms with van der Waals surface area (Å²) in [6.45, 7) is 5.01. The van der Waals surface area contributed by atoms with Crippen LogP contribution in [0.25, 0.3) is 11.0 Å². The average molecular weight is 338 g/mol. The molecule has 0 saturated carbocycles. The number of rotatable bonds is 6. The molecule has 0 fully saturated rings. The van der Waals surface area contributed by atoms with Crippen LogP contribution in [0.1, 0.15) is 25.5 Å². The number of nitrogens with zero attached hydrogens (tertiary/aromatic N) is 1. The number of anilines is 1. The van der Waals surface area contributed by atoms with Gasteiger partial charge in [-0.1, -0.05) is 24.3 Å². The minimum absolute atomic E-state index is 0.0409. The van der Waals surface area contributed by atoms with Gasteiger partial charge in [0.1, 0.15) is 0 Å². The number of imidazole rings is 1. The highest BCUT2D eigenvalue weighted by atomic mass is 16.2. The van der Waals surface area contributed by atoms with Crippen LogP contribution in [-0.2, 0) is 4.79 Å². The van der Waals surface area contributed by atoms with E-state index in [0.29, 0.717) is 6.54 Å². The molecule has 0 bridgehead atoms. The Morgan fingerprint density at radius 3 is 2.56 bits per heavy atom. The molecule has 0 aliphatic carbocycles. The van der Waals surface area contributed by atoms with Crippen molar-refractivity contribution in [2.75, 3.05) is 18.0 Å². The number of hydrogen-bond acceptors (Lipinski definition) is 3.